The quantitative estimate of drug-likeness (QED) is 0.866. The lowest BCUT2D eigenvalue weighted by atomic mass is 9.84. The SMILES string of the molecule is Cc1ccc2c(c1)N(C(=O)C1CCCC(N)C1)CCC2.Cl. The molecule has 4 heteroatoms. The van der Waals surface area contributed by atoms with Crippen LogP contribution in [0.3, 0.4) is 0 Å². The third-order valence-electron chi connectivity index (χ3n) is 4.69. The molecule has 2 atom stereocenters. The monoisotopic (exact) mass is 308 g/mol. The summed E-state index contributed by atoms with van der Waals surface area (Å²) in [7, 11) is 0. The van der Waals surface area contributed by atoms with Crippen molar-refractivity contribution < 1.29 is 4.79 Å². The maximum atomic E-state index is 12.8. The van der Waals surface area contributed by atoms with Gasteiger partial charge in [0.25, 0.3) is 0 Å². The van der Waals surface area contributed by atoms with E-state index in [0.29, 0.717) is 5.91 Å². The highest BCUT2D eigenvalue weighted by atomic mass is 35.5. The summed E-state index contributed by atoms with van der Waals surface area (Å²) in [6.07, 6.45) is 6.18. The second-order valence-electron chi connectivity index (χ2n) is 6.35. The number of carbonyl (C=O) groups excluding carboxylic acids is 1. The van der Waals surface area contributed by atoms with Crippen LogP contribution in [0.4, 0.5) is 5.69 Å². The number of aryl methyl sites for hydroxylation is 2. The topological polar surface area (TPSA) is 46.3 Å². The van der Waals surface area contributed by atoms with Gasteiger partial charge in [-0.25, -0.2) is 0 Å². The second-order valence-corrected chi connectivity index (χ2v) is 6.35. The molecule has 1 heterocycles. The Balaban J connectivity index is 0.00000161. The normalized spacial score (nSPS) is 25.0. The van der Waals surface area contributed by atoms with Crippen LogP contribution < -0.4 is 10.6 Å². The van der Waals surface area contributed by atoms with Gasteiger partial charge in [0, 0.05) is 24.2 Å². The number of hydrogen-bond acceptors (Lipinski definition) is 2. The molecule has 0 spiro atoms. The molecule has 1 amide bonds. The summed E-state index contributed by atoms with van der Waals surface area (Å²) in [4.78, 5) is 14.9. The number of anilines is 1. The van der Waals surface area contributed by atoms with E-state index in [1.807, 2.05) is 4.90 Å². The van der Waals surface area contributed by atoms with E-state index in [-0.39, 0.29) is 24.4 Å². The molecule has 1 aromatic carbocycles. The lowest BCUT2D eigenvalue weighted by Crippen LogP contribution is -2.43. The lowest BCUT2D eigenvalue weighted by molar-refractivity contribution is -0.123. The predicted molar refractivity (Wildman–Crippen MR) is 89.0 cm³/mol. The van der Waals surface area contributed by atoms with Crippen molar-refractivity contribution >= 4 is 24.0 Å². The number of benzene rings is 1. The van der Waals surface area contributed by atoms with Gasteiger partial charge in [-0.15, -0.1) is 12.4 Å². The van der Waals surface area contributed by atoms with Crippen molar-refractivity contribution in [3.63, 3.8) is 0 Å². The van der Waals surface area contributed by atoms with Crippen molar-refractivity contribution in [1.82, 2.24) is 0 Å². The van der Waals surface area contributed by atoms with Gasteiger partial charge in [0.15, 0.2) is 0 Å². The van der Waals surface area contributed by atoms with Gasteiger partial charge < -0.3 is 10.6 Å². The highest BCUT2D eigenvalue weighted by Gasteiger charge is 2.31. The zero-order valence-electron chi connectivity index (χ0n) is 12.7. The van der Waals surface area contributed by atoms with E-state index in [4.69, 9.17) is 5.73 Å². The Hall–Kier alpha value is -1.06. The van der Waals surface area contributed by atoms with E-state index < -0.39 is 0 Å². The molecule has 3 rings (SSSR count). The Labute approximate surface area is 133 Å². The number of carbonyl (C=O) groups is 1. The summed E-state index contributed by atoms with van der Waals surface area (Å²) >= 11 is 0. The van der Waals surface area contributed by atoms with Crippen molar-refractivity contribution in [1.29, 1.82) is 0 Å². The lowest BCUT2D eigenvalue weighted by Gasteiger charge is -2.35. The first-order valence-electron chi connectivity index (χ1n) is 7.81. The molecule has 2 aliphatic rings. The number of hydrogen-bond donors (Lipinski definition) is 1. The van der Waals surface area contributed by atoms with Crippen molar-refractivity contribution in [3.05, 3.63) is 29.3 Å². The average Bonchev–Trinajstić information content (AvgIpc) is 2.46. The standard InChI is InChI=1S/C17H24N2O.ClH/c1-12-7-8-13-5-3-9-19(16(13)10-12)17(20)14-4-2-6-15(18)11-14;/h7-8,10,14-15H,2-6,9,11,18H2,1H3;1H. The molecule has 0 saturated heterocycles. The molecule has 1 saturated carbocycles. The van der Waals surface area contributed by atoms with Crippen molar-refractivity contribution in [2.75, 3.05) is 11.4 Å². The molecule has 0 aromatic heterocycles. The van der Waals surface area contributed by atoms with Crippen molar-refractivity contribution in [2.24, 2.45) is 11.7 Å². The van der Waals surface area contributed by atoms with Crippen molar-refractivity contribution in [3.8, 4) is 0 Å². The first-order chi connectivity index (χ1) is 9.65. The summed E-state index contributed by atoms with van der Waals surface area (Å²) in [5.74, 6) is 0.428. The first-order valence-corrected chi connectivity index (χ1v) is 7.81. The van der Waals surface area contributed by atoms with E-state index >= 15 is 0 Å². The molecule has 3 nitrogen and oxygen atoms in total. The zero-order valence-corrected chi connectivity index (χ0v) is 13.5. The Morgan fingerprint density at radius 2 is 2.10 bits per heavy atom. The molecule has 2 unspecified atom stereocenters. The molecule has 1 fully saturated rings. The van der Waals surface area contributed by atoms with Crippen LogP contribution in [0, 0.1) is 12.8 Å². The van der Waals surface area contributed by atoms with E-state index in [1.165, 1.54) is 11.1 Å². The van der Waals surface area contributed by atoms with Crippen LogP contribution in [0.1, 0.15) is 43.2 Å². The van der Waals surface area contributed by atoms with Crippen LogP contribution in [0.25, 0.3) is 0 Å². The molecule has 1 aromatic rings. The molecule has 2 N–H and O–H groups in total. The van der Waals surface area contributed by atoms with Gasteiger partial charge in [0.2, 0.25) is 5.91 Å². The molecule has 1 aliphatic carbocycles. The minimum absolute atomic E-state index is 0. The Kier molecular flexibility index (Phi) is 5.28. The van der Waals surface area contributed by atoms with Gasteiger partial charge in [-0.2, -0.15) is 0 Å². The van der Waals surface area contributed by atoms with Crippen LogP contribution >= 0.6 is 12.4 Å². The van der Waals surface area contributed by atoms with Gasteiger partial charge in [0.1, 0.15) is 0 Å². The van der Waals surface area contributed by atoms with Crippen LogP contribution in [-0.2, 0) is 11.2 Å². The van der Waals surface area contributed by atoms with Gasteiger partial charge in [-0.3, -0.25) is 4.79 Å². The smallest absolute Gasteiger partial charge is 0.230 e. The van der Waals surface area contributed by atoms with Crippen LogP contribution in [0.2, 0.25) is 0 Å². The number of fused-ring (bicyclic) bond motifs is 1. The highest BCUT2D eigenvalue weighted by Crippen LogP contribution is 2.32. The number of nitrogens with two attached hydrogens (primary N) is 1. The molecule has 1 aliphatic heterocycles. The second kappa shape index (κ2) is 6.80. The first kappa shape index (κ1) is 16.3. The molecular formula is C17H25ClN2O. The van der Waals surface area contributed by atoms with Crippen LogP contribution in [0.5, 0.6) is 0 Å². The Bertz CT molecular complexity index is 518. The fourth-order valence-electron chi connectivity index (χ4n) is 3.59. The maximum Gasteiger partial charge on any atom is 0.230 e. The zero-order chi connectivity index (χ0) is 14.1. The summed E-state index contributed by atoms with van der Waals surface area (Å²) < 4.78 is 0. The van der Waals surface area contributed by atoms with E-state index in [1.54, 1.807) is 0 Å². The molecule has 0 bridgehead atoms. The summed E-state index contributed by atoms with van der Waals surface area (Å²) in [5, 5.41) is 0. The third kappa shape index (κ3) is 3.41. The maximum absolute atomic E-state index is 12.8. The third-order valence-corrected chi connectivity index (χ3v) is 4.69. The van der Waals surface area contributed by atoms with E-state index in [2.05, 4.69) is 25.1 Å². The number of rotatable bonds is 1. The van der Waals surface area contributed by atoms with E-state index in [9.17, 15) is 4.79 Å². The van der Waals surface area contributed by atoms with Gasteiger partial charge in [0.05, 0.1) is 0 Å². The molecular weight excluding hydrogens is 284 g/mol. The number of nitrogens with zero attached hydrogens (tertiary/aromatic N) is 1. The number of amides is 1. The summed E-state index contributed by atoms with van der Waals surface area (Å²) in [6, 6.07) is 6.69. The fraction of sp³-hybridized carbons (Fsp3) is 0.588. The van der Waals surface area contributed by atoms with Gasteiger partial charge >= 0.3 is 0 Å². The van der Waals surface area contributed by atoms with Gasteiger partial charge in [-0.05, 0) is 56.2 Å². The largest absolute Gasteiger partial charge is 0.328 e. The minimum atomic E-state index is 0. The van der Waals surface area contributed by atoms with Crippen LogP contribution in [0.15, 0.2) is 18.2 Å². The highest BCUT2D eigenvalue weighted by molar-refractivity contribution is 5.96. The molecule has 21 heavy (non-hydrogen) atoms. The Morgan fingerprint density at radius 3 is 2.86 bits per heavy atom. The molecule has 116 valence electrons. The van der Waals surface area contributed by atoms with Gasteiger partial charge in [-0.1, -0.05) is 18.6 Å². The molecule has 0 radical (unpaired) electrons. The minimum Gasteiger partial charge on any atom is -0.328 e. The Morgan fingerprint density at radius 1 is 1.29 bits per heavy atom. The average molecular weight is 309 g/mol. The summed E-state index contributed by atoms with van der Waals surface area (Å²) in [6.45, 7) is 2.95. The van der Waals surface area contributed by atoms with Crippen LogP contribution in [-0.4, -0.2) is 18.5 Å². The predicted octanol–water partition coefficient (Wildman–Crippen LogP) is 3.21. The fourth-order valence-corrected chi connectivity index (χ4v) is 3.59. The summed E-state index contributed by atoms with van der Waals surface area (Å²) in [5.41, 5.74) is 9.72. The van der Waals surface area contributed by atoms with E-state index in [0.717, 1.165) is 50.8 Å². The number of halogens is 1. The van der Waals surface area contributed by atoms with Crippen molar-refractivity contribution in [2.45, 2.75) is 51.5 Å².